The Hall–Kier alpha value is -2.88. The van der Waals surface area contributed by atoms with Crippen LogP contribution in [-0.4, -0.2) is 42.3 Å². The van der Waals surface area contributed by atoms with Gasteiger partial charge in [-0.2, -0.15) is 10.4 Å². The fourth-order valence-electron chi connectivity index (χ4n) is 2.74. The van der Waals surface area contributed by atoms with Crippen LogP contribution >= 0.6 is 0 Å². The topological polar surface area (TPSA) is 77.0 Å². The van der Waals surface area contributed by atoms with Gasteiger partial charge in [-0.25, -0.2) is 0 Å². The molecule has 26 heavy (non-hydrogen) atoms. The molecule has 0 aliphatic rings. The third-order valence-corrected chi connectivity index (χ3v) is 4.26. The molecule has 0 fully saturated rings. The lowest BCUT2D eigenvalue weighted by molar-refractivity contribution is 0.306. The van der Waals surface area contributed by atoms with E-state index in [0.29, 0.717) is 12.2 Å². The number of hydrogen-bond acceptors (Lipinski definition) is 5. The normalized spacial score (nSPS) is 11.0. The predicted molar refractivity (Wildman–Crippen MR) is 102 cm³/mol. The number of rotatable bonds is 8. The van der Waals surface area contributed by atoms with Gasteiger partial charge in [0.05, 0.1) is 22.8 Å². The number of nitrogens with zero attached hydrogens (tertiary/aromatic N) is 3. The Morgan fingerprint density at radius 2 is 2.04 bits per heavy atom. The minimum Gasteiger partial charge on any atom is -0.489 e. The first-order valence-corrected chi connectivity index (χ1v) is 8.61. The van der Waals surface area contributed by atoms with Crippen molar-refractivity contribution in [2.45, 2.75) is 13.2 Å². The van der Waals surface area contributed by atoms with Gasteiger partial charge in [0, 0.05) is 25.0 Å². The zero-order valence-electron chi connectivity index (χ0n) is 15.1. The maximum atomic E-state index is 8.86. The molecule has 2 N–H and O–H groups in total. The molecule has 0 radical (unpaired) electrons. The van der Waals surface area contributed by atoms with Crippen molar-refractivity contribution in [2.24, 2.45) is 0 Å². The summed E-state index contributed by atoms with van der Waals surface area (Å²) in [6, 6.07) is 15.5. The average Bonchev–Trinajstić information content (AvgIpc) is 3.07. The fraction of sp³-hybridized carbons (Fsp3) is 0.300. The Bertz CT molecular complexity index is 895. The molecule has 0 amide bonds. The van der Waals surface area contributed by atoms with Crippen LogP contribution in [0.1, 0.15) is 16.8 Å². The van der Waals surface area contributed by atoms with Crippen LogP contribution in [-0.2, 0) is 13.2 Å². The summed E-state index contributed by atoms with van der Waals surface area (Å²) >= 11 is 0. The van der Waals surface area contributed by atoms with Gasteiger partial charge in [-0.15, -0.1) is 0 Å². The highest BCUT2D eigenvalue weighted by Crippen LogP contribution is 2.23. The summed E-state index contributed by atoms with van der Waals surface area (Å²) in [5, 5.41) is 20.6. The highest BCUT2D eigenvalue weighted by Gasteiger charge is 2.09. The predicted octanol–water partition coefficient (Wildman–Crippen LogP) is 2.66. The monoisotopic (exact) mass is 349 g/mol. The molecular weight excluding hydrogens is 326 g/mol. The summed E-state index contributed by atoms with van der Waals surface area (Å²) in [7, 11) is 4.04. The van der Waals surface area contributed by atoms with Gasteiger partial charge in [-0.3, -0.25) is 10.00 Å². The van der Waals surface area contributed by atoms with Crippen molar-refractivity contribution in [2.75, 3.05) is 27.2 Å². The van der Waals surface area contributed by atoms with E-state index in [4.69, 9.17) is 10.00 Å². The first kappa shape index (κ1) is 17.9. The van der Waals surface area contributed by atoms with Crippen molar-refractivity contribution in [1.82, 2.24) is 20.4 Å². The number of aromatic nitrogens is 2. The standard InChI is InChI=1S/C20H23N5O/c1-22-9-10-25(2)13-20-18-11-17(7-8-19(18)23-24-20)26-14-16-5-3-15(12-21)4-6-16/h3-8,11,22H,9-10,13-14H2,1-2H3,(H,23,24). The number of aromatic amines is 1. The molecule has 1 aromatic heterocycles. The first-order chi connectivity index (χ1) is 12.7. The minimum absolute atomic E-state index is 0.465. The highest BCUT2D eigenvalue weighted by molar-refractivity contribution is 5.82. The summed E-state index contributed by atoms with van der Waals surface area (Å²) in [5.74, 6) is 0.808. The number of nitriles is 1. The van der Waals surface area contributed by atoms with E-state index < -0.39 is 0 Å². The summed E-state index contributed by atoms with van der Waals surface area (Å²) in [5.41, 5.74) is 3.71. The molecule has 134 valence electrons. The van der Waals surface area contributed by atoms with Crippen LogP contribution in [0.15, 0.2) is 42.5 Å². The molecule has 1 heterocycles. The molecule has 0 unspecified atom stereocenters. The number of nitrogens with one attached hydrogen (secondary N) is 2. The molecular formula is C20H23N5O. The fourth-order valence-corrected chi connectivity index (χ4v) is 2.74. The van der Waals surface area contributed by atoms with Gasteiger partial charge in [-0.1, -0.05) is 12.1 Å². The van der Waals surface area contributed by atoms with Crippen molar-refractivity contribution >= 4 is 10.9 Å². The summed E-state index contributed by atoms with van der Waals surface area (Å²) in [6.07, 6.45) is 0. The second-order valence-electron chi connectivity index (χ2n) is 6.32. The van der Waals surface area contributed by atoms with E-state index in [1.807, 2.05) is 37.4 Å². The SMILES string of the molecule is CNCCN(C)Cc1n[nH]c2ccc(OCc3ccc(C#N)cc3)cc12. The van der Waals surface area contributed by atoms with Gasteiger partial charge in [0.1, 0.15) is 12.4 Å². The minimum atomic E-state index is 0.465. The number of fused-ring (bicyclic) bond motifs is 1. The van der Waals surface area contributed by atoms with E-state index in [2.05, 4.69) is 33.5 Å². The van der Waals surface area contributed by atoms with E-state index in [9.17, 15) is 0 Å². The van der Waals surface area contributed by atoms with Gasteiger partial charge in [0.15, 0.2) is 0 Å². The molecule has 0 bridgehead atoms. The van der Waals surface area contributed by atoms with E-state index in [1.165, 1.54) is 0 Å². The molecule has 2 aromatic carbocycles. The Labute approximate surface area is 153 Å². The molecule has 0 atom stereocenters. The Morgan fingerprint density at radius 1 is 1.23 bits per heavy atom. The highest BCUT2D eigenvalue weighted by atomic mass is 16.5. The molecule has 0 aliphatic carbocycles. The van der Waals surface area contributed by atoms with Crippen LogP contribution in [0.3, 0.4) is 0 Å². The van der Waals surface area contributed by atoms with Crippen molar-refractivity contribution in [3.63, 3.8) is 0 Å². The van der Waals surface area contributed by atoms with Crippen molar-refractivity contribution in [1.29, 1.82) is 5.26 Å². The summed E-state index contributed by atoms with van der Waals surface area (Å²) in [4.78, 5) is 2.23. The van der Waals surface area contributed by atoms with Gasteiger partial charge >= 0.3 is 0 Å². The lowest BCUT2D eigenvalue weighted by atomic mass is 10.1. The van der Waals surface area contributed by atoms with Crippen LogP contribution in [0.5, 0.6) is 5.75 Å². The maximum Gasteiger partial charge on any atom is 0.120 e. The number of ether oxygens (including phenoxy) is 1. The van der Waals surface area contributed by atoms with E-state index in [-0.39, 0.29) is 0 Å². The first-order valence-electron chi connectivity index (χ1n) is 8.61. The van der Waals surface area contributed by atoms with E-state index >= 15 is 0 Å². The lowest BCUT2D eigenvalue weighted by Crippen LogP contribution is -2.27. The van der Waals surface area contributed by atoms with Crippen molar-refractivity contribution in [3.05, 3.63) is 59.3 Å². The van der Waals surface area contributed by atoms with Crippen LogP contribution < -0.4 is 10.1 Å². The zero-order chi connectivity index (χ0) is 18.4. The molecule has 6 heteroatoms. The second kappa shape index (κ2) is 8.48. The van der Waals surface area contributed by atoms with Crippen molar-refractivity contribution in [3.8, 4) is 11.8 Å². The summed E-state index contributed by atoms with van der Waals surface area (Å²) < 4.78 is 5.92. The Morgan fingerprint density at radius 3 is 2.77 bits per heavy atom. The Balaban J connectivity index is 1.69. The number of H-pyrrole nitrogens is 1. The quantitative estimate of drug-likeness (QED) is 0.654. The van der Waals surface area contributed by atoms with Crippen LogP contribution in [0, 0.1) is 11.3 Å². The second-order valence-corrected chi connectivity index (χ2v) is 6.32. The number of hydrogen-bond donors (Lipinski definition) is 2. The van der Waals surface area contributed by atoms with Gasteiger partial charge in [-0.05, 0) is 50.0 Å². The van der Waals surface area contributed by atoms with Crippen LogP contribution in [0.2, 0.25) is 0 Å². The molecule has 6 nitrogen and oxygen atoms in total. The lowest BCUT2D eigenvalue weighted by Gasteiger charge is -2.15. The third-order valence-electron chi connectivity index (χ3n) is 4.26. The molecule has 3 aromatic rings. The van der Waals surface area contributed by atoms with Gasteiger partial charge < -0.3 is 10.1 Å². The van der Waals surface area contributed by atoms with Crippen LogP contribution in [0.25, 0.3) is 10.9 Å². The third kappa shape index (κ3) is 4.39. The van der Waals surface area contributed by atoms with Crippen LogP contribution in [0.4, 0.5) is 0 Å². The largest absolute Gasteiger partial charge is 0.489 e. The maximum absolute atomic E-state index is 8.86. The summed E-state index contributed by atoms with van der Waals surface area (Å²) in [6.45, 7) is 3.14. The zero-order valence-corrected chi connectivity index (χ0v) is 15.1. The van der Waals surface area contributed by atoms with Gasteiger partial charge in [0.25, 0.3) is 0 Å². The number of likely N-dealkylation sites (N-methyl/N-ethyl adjacent to an activating group) is 2. The molecule has 0 spiro atoms. The van der Waals surface area contributed by atoms with Crippen molar-refractivity contribution < 1.29 is 4.74 Å². The number of benzene rings is 2. The average molecular weight is 349 g/mol. The Kier molecular flexibility index (Phi) is 5.84. The smallest absolute Gasteiger partial charge is 0.120 e. The molecule has 0 aliphatic heterocycles. The molecule has 0 saturated carbocycles. The van der Waals surface area contributed by atoms with E-state index in [1.54, 1.807) is 12.1 Å². The van der Waals surface area contributed by atoms with Gasteiger partial charge in [0.2, 0.25) is 0 Å². The molecule has 0 saturated heterocycles. The van der Waals surface area contributed by atoms with E-state index in [0.717, 1.165) is 47.5 Å². The molecule has 3 rings (SSSR count).